The highest BCUT2D eigenvalue weighted by Gasteiger charge is 2.32. The van der Waals surface area contributed by atoms with Crippen LogP contribution in [0.2, 0.25) is 0 Å². The Labute approximate surface area is 213 Å². The van der Waals surface area contributed by atoms with Gasteiger partial charge in [-0.3, -0.25) is 9.59 Å². The van der Waals surface area contributed by atoms with Crippen LogP contribution in [0.25, 0.3) is 10.9 Å². The molecule has 0 saturated carbocycles. The summed E-state index contributed by atoms with van der Waals surface area (Å²) >= 11 is 1.37. The molecule has 0 aliphatic carbocycles. The van der Waals surface area contributed by atoms with Gasteiger partial charge < -0.3 is 20.5 Å². The van der Waals surface area contributed by atoms with E-state index in [1.807, 2.05) is 22.9 Å². The van der Waals surface area contributed by atoms with Crippen LogP contribution in [0.3, 0.4) is 0 Å². The Hall–Kier alpha value is -4.00. The molecule has 13 heteroatoms. The van der Waals surface area contributed by atoms with E-state index in [-0.39, 0.29) is 17.8 Å². The van der Waals surface area contributed by atoms with E-state index in [4.69, 9.17) is 5.73 Å². The number of nitrogens with zero attached hydrogens (tertiary/aromatic N) is 5. The quantitative estimate of drug-likeness (QED) is 0.391. The molecule has 3 aromatic heterocycles. The Bertz CT molecular complexity index is 1440. The van der Waals surface area contributed by atoms with Gasteiger partial charge in [0.05, 0.1) is 12.1 Å². The standard InChI is InChI=1S/C24H22F3N7O2S/c25-24(26,27)17-10-29-22(30-11-17)33-6-4-15(5-7-33)21(36)32-23-31-12-18(37-23)13-34-8-3-14-1-2-16(20(28)35)9-19(14)34/h1-3,8-12,15H,4-7,13H2,(H2,28,35)(H,31,32,36). The SMILES string of the molecule is NC(=O)c1ccc2ccn(Cc3cnc(NC(=O)C4CCN(c5ncc(C(F)(F)F)cn5)CC4)s3)c2c1. The lowest BCUT2D eigenvalue weighted by Gasteiger charge is -2.31. The number of fused-ring (bicyclic) bond motifs is 1. The molecule has 0 radical (unpaired) electrons. The number of halogens is 3. The number of hydrogen-bond donors (Lipinski definition) is 2. The van der Waals surface area contributed by atoms with Crippen LogP contribution in [0.15, 0.2) is 49.1 Å². The molecule has 5 rings (SSSR count). The number of nitrogens with two attached hydrogens (primary N) is 1. The number of primary amides is 1. The number of thiazole rings is 1. The first kappa shape index (κ1) is 24.7. The summed E-state index contributed by atoms with van der Waals surface area (Å²) in [5, 5.41) is 4.35. The topological polar surface area (TPSA) is 119 Å². The fourth-order valence-electron chi connectivity index (χ4n) is 4.26. The number of carbonyl (C=O) groups excluding carboxylic acids is 2. The smallest absolute Gasteiger partial charge is 0.366 e. The molecule has 1 aliphatic heterocycles. The lowest BCUT2D eigenvalue weighted by Crippen LogP contribution is -2.39. The molecule has 2 amide bonds. The zero-order valence-corrected chi connectivity index (χ0v) is 20.2. The number of benzene rings is 1. The average molecular weight is 530 g/mol. The van der Waals surface area contributed by atoms with Crippen LogP contribution in [-0.4, -0.2) is 44.4 Å². The Balaban J connectivity index is 1.17. The zero-order valence-electron chi connectivity index (χ0n) is 19.4. The number of anilines is 2. The van der Waals surface area contributed by atoms with Crippen molar-refractivity contribution in [3.05, 3.63) is 65.1 Å². The van der Waals surface area contributed by atoms with Crippen molar-refractivity contribution in [1.29, 1.82) is 0 Å². The summed E-state index contributed by atoms with van der Waals surface area (Å²) in [6, 6.07) is 7.24. The Kier molecular flexibility index (Phi) is 6.54. The van der Waals surface area contributed by atoms with E-state index in [2.05, 4.69) is 20.3 Å². The van der Waals surface area contributed by atoms with E-state index in [9.17, 15) is 22.8 Å². The molecule has 0 unspecified atom stereocenters. The fourth-order valence-corrected chi connectivity index (χ4v) is 5.08. The van der Waals surface area contributed by atoms with Crippen molar-refractivity contribution in [1.82, 2.24) is 19.5 Å². The van der Waals surface area contributed by atoms with Gasteiger partial charge in [0.1, 0.15) is 0 Å². The van der Waals surface area contributed by atoms with Crippen LogP contribution in [0.4, 0.5) is 24.3 Å². The molecule has 1 fully saturated rings. The van der Waals surface area contributed by atoms with Gasteiger partial charge in [0.2, 0.25) is 17.8 Å². The summed E-state index contributed by atoms with van der Waals surface area (Å²) in [6.07, 6.45) is 1.72. The lowest BCUT2D eigenvalue weighted by molar-refractivity contribution is -0.138. The van der Waals surface area contributed by atoms with Crippen LogP contribution in [-0.2, 0) is 17.5 Å². The number of aromatic nitrogens is 4. The third kappa shape index (κ3) is 5.40. The molecule has 9 nitrogen and oxygen atoms in total. The molecule has 1 saturated heterocycles. The minimum absolute atomic E-state index is 0.147. The third-order valence-corrected chi connectivity index (χ3v) is 7.18. The van der Waals surface area contributed by atoms with Gasteiger partial charge >= 0.3 is 6.18 Å². The highest BCUT2D eigenvalue weighted by atomic mass is 32.1. The summed E-state index contributed by atoms with van der Waals surface area (Å²) in [5.74, 6) is -0.669. The Morgan fingerprint density at radius 1 is 1.08 bits per heavy atom. The maximum absolute atomic E-state index is 12.8. The molecule has 4 aromatic rings. The van der Waals surface area contributed by atoms with Gasteiger partial charge in [0, 0.05) is 59.8 Å². The Morgan fingerprint density at radius 2 is 1.81 bits per heavy atom. The van der Waals surface area contributed by atoms with Gasteiger partial charge in [0.15, 0.2) is 5.13 Å². The normalized spacial score (nSPS) is 14.7. The van der Waals surface area contributed by atoms with Crippen molar-refractivity contribution in [3.63, 3.8) is 0 Å². The lowest BCUT2D eigenvalue weighted by atomic mass is 9.96. The summed E-state index contributed by atoms with van der Waals surface area (Å²) in [7, 11) is 0. The van der Waals surface area contributed by atoms with Crippen LogP contribution < -0.4 is 16.0 Å². The highest BCUT2D eigenvalue weighted by Crippen LogP contribution is 2.29. The summed E-state index contributed by atoms with van der Waals surface area (Å²) in [5.41, 5.74) is 5.81. The molecule has 3 N–H and O–H groups in total. The molecule has 0 atom stereocenters. The number of piperidine rings is 1. The van der Waals surface area contributed by atoms with Gasteiger partial charge in [0.25, 0.3) is 0 Å². The zero-order chi connectivity index (χ0) is 26.2. The molecule has 0 spiro atoms. The highest BCUT2D eigenvalue weighted by molar-refractivity contribution is 7.15. The van der Waals surface area contributed by atoms with Crippen molar-refractivity contribution in [3.8, 4) is 0 Å². The molecule has 4 heterocycles. The van der Waals surface area contributed by atoms with Crippen LogP contribution in [0.5, 0.6) is 0 Å². The first-order valence-electron chi connectivity index (χ1n) is 11.5. The molecule has 192 valence electrons. The predicted molar refractivity (Wildman–Crippen MR) is 132 cm³/mol. The van der Waals surface area contributed by atoms with Crippen molar-refractivity contribution >= 4 is 45.1 Å². The van der Waals surface area contributed by atoms with Gasteiger partial charge in [-0.2, -0.15) is 13.2 Å². The second-order valence-electron chi connectivity index (χ2n) is 8.73. The molecule has 37 heavy (non-hydrogen) atoms. The minimum atomic E-state index is -4.48. The van der Waals surface area contributed by atoms with E-state index in [0.29, 0.717) is 43.2 Å². The number of nitrogens with one attached hydrogen (secondary N) is 1. The van der Waals surface area contributed by atoms with E-state index < -0.39 is 17.6 Å². The largest absolute Gasteiger partial charge is 0.419 e. The van der Waals surface area contributed by atoms with E-state index in [1.54, 1.807) is 23.2 Å². The maximum atomic E-state index is 12.8. The summed E-state index contributed by atoms with van der Waals surface area (Å²) < 4.78 is 40.1. The Morgan fingerprint density at radius 3 is 2.49 bits per heavy atom. The number of rotatable bonds is 6. The van der Waals surface area contributed by atoms with E-state index in [0.717, 1.165) is 28.2 Å². The monoisotopic (exact) mass is 529 g/mol. The first-order valence-corrected chi connectivity index (χ1v) is 12.3. The number of carbonyl (C=O) groups is 2. The fraction of sp³-hybridized carbons (Fsp3) is 0.292. The van der Waals surface area contributed by atoms with Crippen molar-refractivity contribution in [2.75, 3.05) is 23.3 Å². The maximum Gasteiger partial charge on any atom is 0.419 e. The van der Waals surface area contributed by atoms with Crippen LogP contribution in [0.1, 0.15) is 33.6 Å². The number of amides is 2. The summed E-state index contributed by atoms with van der Waals surface area (Å²) in [4.78, 5) is 39.0. The van der Waals surface area contributed by atoms with Crippen LogP contribution >= 0.6 is 11.3 Å². The van der Waals surface area contributed by atoms with E-state index in [1.165, 1.54) is 11.3 Å². The molecule has 0 bridgehead atoms. The molecular formula is C24H22F3N7O2S. The van der Waals surface area contributed by atoms with Crippen molar-refractivity contribution in [2.45, 2.75) is 25.6 Å². The molecule has 1 aromatic carbocycles. The minimum Gasteiger partial charge on any atom is -0.366 e. The first-order chi connectivity index (χ1) is 17.7. The third-order valence-electron chi connectivity index (χ3n) is 6.28. The van der Waals surface area contributed by atoms with Crippen molar-refractivity contribution < 1.29 is 22.8 Å². The van der Waals surface area contributed by atoms with Crippen LogP contribution in [0, 0.1) is 5.92 Å². The van der Waals surface area contributed by atoms with E-state index >= 15 is 0 Å². The predicted octanol–water partition coefficient (Wildman–Crippen LogP) is 3.91. The van der Waals surface area contributed by atoms with Gasteiger partial charge in [-0.05, 0) is 36.4 Å². The van der Waals surface area contributed by atoms with Gasteiger partial charge in [-0.25, -0.2) is 15.0 Å². The second kappa shape index (κ2) is 9.81. The van der Waals surface area contributed by atoms with Gasteiger partial charge in [-0.15, -0.1) is 0 Å². The average Bonchev–Trinajstić information content (AvgIpc) is 3.50. The second-order valence-corrected chi connectivity index (χ2v) is 9.85. The molecule has 1 aliphatic rings. The summed E-state index contributed by atoms with van der Waals surface area (Å²) in [6.45, 7) is 1.44. The van der Waals surface area contributed by atoms with Gasteiger partial charge in [-0.1, -0.05) is 17.4 Å². The number of hydrogen-bond acceptors (Lipinski definition) is 7. The number of alkyl halides is 3. The molecular weight excluding hydrogens is 507 g/mol. The van der Waals surface area contributed by atoms with Crippen molar-refractivity contribution in [2.24, 2.45) is 11.7 Å².